The molecule has 0 radical (unpaired) electrons. The van der Waals surface area contributed by atoms with E-state index in [0.717, 1.165) is 17.2 Å². The Labute approximate surface area is 158 Å². The molecule has 3 rings (SSSR count). The highest BCUT2D eigenvalue weighted by atomic mass is 32.2. The minimum atomic E-state index is -4.40. The zero-order valence-corrected chi connectivity index (χ0v) is 15.1. The molecule has 2 aromatic rings. The maximum Gasteiger partial charge on any atom is 0.417 e. The van der Waals surface area contributed by atoms with Crippen LogP contribution in [0.15, 0.2) is 47.5 Å². The Morgan fingerprint density at radius 1 is 1.04 bits per heavy atom. The number of carbonyl (C=O) groups is 1. The Balaban J connectivity index is 1.49. The monoisotopic (exact) mass is 399 g/mol. The van der Waals surface area contributed by atoms with Gasteiger partial charge in [-0.25, -0.2) is 9.37 Å². The fraction of sp³-hybridized carbons (Fsp3) is 0.333. The van der Waals surface area contributed by atoms with Crippen molar-refractivity contribution in [2.45, 2.75) is 11.1 Å². The zero-order valence-electron chi connectivity index (χ0n) is 14.2. The van der Waals surface area contributed by atoms with E-state index in [1.165, 1.54) is 30.0 Å². The first-order valence-corrected chi connectivity index (χ1v) is 9.26. The number of nitrogens with zero attached hydrogens (tertiary/aromatic N) is 3. The van der Waals surface area contributed by atoms with Gasteiger partial charge in [0.15, 0.2) is 0 Å². The molecular formula is C18H17F4N3OS. The van der Waals surface area contributed by atoms with Crippen LogP contribution < -0.4 is 4.90 Å². The van der Waals surface area contributed by atoms with Crippen molar-refractivity contribution in [3.05, 3.63) is 54.0 Å². The average molecular weight is 399 g/mol. The molecule has 1 amide bonds. The fourth-order valence-corrected chi connectivity index (χ4v) is 3.49. The van der Waals surface area contributed by atoms with Gasteiger partial charge in [0.2, 0.25) is 5.91 Å². The maximum atomic E-state index is 12.9. The predicted octanol–water partition coefficient (Wildman–Crippen LogP) is 3.68. The first-order valence-electron chi connectivity index (χ1n) is 8.27. The van der Waals surface area contributed by atoms with Crippen molar-refractivity contribution in [1.82, 2.24) is 9.88 Å². The van der Waals surface area contributed by atoms with Crippen LogP contribution in [0.5, 0.6) is 0 Å². The largest absolute Gasteiger partial charge is 0.417 e. The molecule has 144 valence electrons. The van der Waals surface area contributed by atoms with Crippen LogP contribution in [-0.2, 0) is 11.0 Å². The molecule has 0 bridgehead atoms. The topological polar surface area (TPSA) is 36.4 Å². The van der Waals surface area contributed by atoms with E-state index < -0.39 is 11.7 Å². The summed E-state index contributed by atoms with van der Waals surface area (Å²) in [6, 6.07) is 8.32. The normalized spacial score (nSPS) is 15.1. The molecule has 2 heterocycles. The average Bonchev–Trinajstić information content (AvgIpc) is 2.67. The molecular weight excluding hydrogens is 382 g/mol. The predicted molar refractivity (Wildman–Crippen MR) is 95.2 cm³/mol. The molecule has 0 atom stereocenters. The highest BCUT2D eigenvalue weighted by Gasteiger charge is 2.31. The Kier molecular flexibility index (Phi) is 5.88. The standard InChI is InChI=1S/C18H17F4N3OS/c19-14-2-4-15(5-3-14)27-12-17(26)25-9-7-24(8-10-25)16-6-1-13(11-23-16)18(20,21)22/h1-6,11H,7-10,12H2. The van der Waals surface area contributed by atoms with Gasteiger partial charge in [0, 0.05) is 37.3 Å². The van der Waals surface area contributed by atoms with E-state index in [0.29, 0.717) is 32.0 Å². The third kappa shape index (κ3) is 5.12. The molecule has 0 unspecified atom stereocenters. The van der Waals surface area contributed by atoms with Crippen molar-refractivity contribution < 1.29 is 22.4 Å². The summed E-state index contributed by atoms with van der Waals surface area (Å²) in [5.41, 5.74) is -0.780. The summed E-state index contributed by atoms with van der Waals surface area (Å²) in [5.74, 6) is 0.378. The summed E-state index contributed by atoms with van der Waals surface area (Å²) in [7, 11) is 0. The van der Waals surface area contributed by atoms with Crippen molar-refractivity contribution in [3.8, 4) is 0 Å². The molecule has 1 aromatic carbocycles. The number of hydrogen-bond donors (Lipinski definition) is 0. The number of hydrogen-bond acceptors (Lipinski definition) is 4. The van der Waals surface area contributed by atoms with Gasteiger partial charge in [0.1, 0.15) is 11.6 Å². The van der Waals surface area contributed by atoms with Gasteiger partial charge in [-0.15, -0.1) is 11.8 Å². The number of anilines is 1. The summed E-state index contributed by atoms with van der Waals surface area (Å²) in [4.78, 5) is 20.6. The molecule has 1 aromatic heterocycles. The third-order valence-corrected chi connectivity index (χ3v) is 5.20. The van der Waals surface area contributed by atoms with Crippen LogP contribution in [0.1, 0.15) is 5.56 Å². The van der Waals surface area contributed by atoms with E-state index in [1.54, 1.807) is 17.0 Å². The zero-order chi connectivity index (χ0) is 19.4. The summed E-state index contributed by atoms with van der Waals surface area (Å²) in [5, 5.41) is 0. The molecule has 0 spiro atoms. The van der Waals surface area contributed by atoms with Gasteiger partial charge in [0.25, 0.3) is 0 Å². The van der Waals surface area contributed by atoms with E-state index in [-0.39, 0.29) is 17.5 Å². The Morgan fingerprint density at radius 3 is 2.26 bits per heavy atom. The van der Waals surface area contributed by atoms with Gasteiger partial charge in [-0.1, -0.05) is 0 Å². The quantitative estimate of drug-likeness (QED) is 0.581. The first kappa shape index (κ1) is 19.5. The van der Waals surface area contributed by atoms with Gasteiger partial charge < -0.3 is 9.80 Å². The van der Waals surface area contributed by atoms with Crippen LogP contribution in [0, 0.1) is 5.82 Å². The van der Waals surface area contributed by atoms with Crippen molar-refractivity contribution in [1.29, 1.82) is 0 Å². The number of halogens is 4. The molecule has 1 aliphatic heterocycles. The second-order valence-electron chi connectivity index (χ2n) is 6.01. The van der Waals surface area contributed by atoms with Crippen molar-refractivity contribution in [3.63, 3.8) is 0 Å². The van der Waals surface area contributed by atoms with Crippen LogP contribution >= 0.6 is 11.8 Å². The lowest BCUT2D eigenvalue weighted by molar-refractivity contribution is -0.137. The lowest BCUT2D eigenvalue weighted by atomic mass is 10.2. The van der Waals surface area contributed by atoms with Gasteiger partial charge in [-0.3, -0.25) is 4.79 Å². The number of amides is 1. The number of thioether (sulfide) groups is 1. The van der Waals surface area contributed by atoms with Gasteiger partial charge >= 0.3 is 6.18 Å². The van der Waals surface area contributed by atoms with Crippen molar-refractivity contribution in [2.75, 3.05) is 36.8 Å². The number of benzene rings is 1. The number of aromatic nitrogens is 1. The third-order valence-electron chi connectivity index (χ3n) is 4.21. The molecule has 1 aliphatic rings. The van der Waals surface area contributed by atoms with Crippen LogP contribution in [0.25, 0.3) is 0 Å². The van der Waals surface area contributed by atoms with E-state index in [2.05, 4.69) is 4.98 Å². The minimum absolute atomic E-state index is 0.0237. The molecule has 9 heteroatoms. The smallest absolute Gasteiger partial charge is 0.353 e. The van der Waals surface area contributed by atoms with E-state index in [1.807, 2.05) is 4.90 Å². The van der Waals surface area contributed by atoms with E-state index in [9.17, 15) is 22.4 Å². The lowest BCUT2D eigenvalue weighted by Crippen LogP contribution is -2.49. The lowest BCUT2D eigenvalue weighted by Gasteiger charge is -2.35. The second-order valence-corrected chi connectivity index (χ2v) is 7.06. The summed E-state index contributed by atoms with van der Waals surface area (Å²) in [6.07, 6.45) is -3.58. The molecule has 1 fully saturated rings. The summed E-state index contributed by atoms with van der Waals surface area (Å²) < 4.78 is 50.7. The minimum Gasteiger partial charge on any atom is -0.353 e. The number of alkyl halides is 3. The molecule has 4 nitrogen and oxygen atoms in total. The van der Waals surface area contributed by atoms with Gasteiger partial charge in [0.05, 0.1) is 11.3 Å². The van der Waals surface area contributed by atoms with Crippen molar-refractivity contribution in [2.24, 2.45) is 0 Å². The van der Waals surface area contributed by atoms with Crippen LogP contribution in [-0.4, -0.2) is 47.7 Å². The fourth-order valence-electron chi connectivity index (χ4n) is 2.69. The molecule has 1 saturated heterocycles. The van der Waals surface area contributed by atoms with Crippen LogP contribution in [0.4, 0.5) is 23.4 Å². The van der Waals surface area contributed by atoms with Gasteiger partial charge in [-0.2, -0.15) is 13.2 Å². The molecule has 0 aliphatic carbocycles. The summed E-state index contributed by atoms with van der Waals surface area (Å²) in [6.45, 7) is 1.97. The Bertz CT molecular complexity index is 773. The Hall–Kier alpha value is -2.29. The highest BCUT2D eigenvalue weighted by molar-refractivity contribution is 8.00. The number of pyridine rings is 1. The summed E-state index contributed by atoms with van der Waals surface area (Å²) >= 11 is 1.34. The second kappa shape index (κ2) is 8.16. The highest BCUT2D eigenvalue weighted by Crippen LogP contribution is 2.29. The number of carbonyl (C=O) groups excluding carboxylic acids is 1. The van der Waals surface area contributed by atoms with E-state index in [4.69, 9.17) is 0 Å². The number of rotatable bonds is 4. The maximum absolute atomic E-state index is 12.9. The van der Waals surface area contributed by atoms with Crippen LogP contribution in [0.2, 0.25) is 0 Å². The Morgan fingerprint density at radius 2 is 1.70 bits per heavy atom. The number of piperazine rings is 1. The van der Waals surface area contributed by atoms with Crippen molar-refractivity contribution >= 4 is 23.5 Å². The first-order chi connectivity index (χ1) is 12.8. The molecule has 27 heavy (non-hydrogen) atoms. The molecule has 0 N–H and O–H groups in total. The molecule has 0 saturated carbocycles. The van der Waals surface area contributed by atoms with Gasteiger partial charge in [-0.05, 0) is 36.4 Å². The SMILES string of the molecule is O=C(CSc1ccc(F)cc1)N1CCN(c2ccc(C(F)(F)F)cn2)CC1. The van der Waals surface area contributed by atoms with Crippen LogP contribution in [0.3, 0.4) is 0 Å². The van der Waals surface area contributed by atoms with E-state index >= 15 is 0 Å².